The van der Waals surface area contributed by atoms with Gasteiger partial charge in [-0.25, -0.2) is 0 Å². The maximum atomic E-state index is 5.64. The van der Waals surface area contributed by atoms with Gasteiger partial charge >= 0.3 is 0 Å². The predicted molar refractivity (Wildman–Crippen MR) is 70.7 cm³/mol. The molecule has 86 valence electrons. The van der Waals surface area contributed by atoms with Crippen LogP contribution in [0.2, 0.25) is 0 Å². The summed E-state index contributed by atoms with van der Waals surface area (Å²) in [6, 6.07) is 8.19. The molecule has 1 aliphatic heterocycles. The molecule has 3 heteroatoms. The number of hydrogen-bond acceptors (Lipinski definition) is 3. The molecule has 0 saturated heterocycles. The van der Waals surface area contributed by atoms with Crippen LogP contribution in [0.5, 0.6) is 5.75 Å². The monoisotopic (exact) mass is 235 g/mol. The molecule has 0 bridgehead atoms. The molecule has 2 rings (SSSR count). The van der Waals surface area contributed by atoms with E-state index in [2.05, 4.69) is 24.0 Å². The summed E-state index contributed by atoms with van der Waals surface area (Å²) >= 11 is 1.83. The Morgan fingerprint density at radius 2 is 2.12 bits per heavy atom. The minimum Gasteiger partial charge on any atom is -0.493 e. The van der Waals surface area contributed by atoms with E-state index < -0.39 is 0 Å². The van der Waals surface area contributed by atoms with Gasteiger partial charge in [0, 0.05) is 12.3 Å². The molecular weight excluding hydrogens is 218 g/mol. The van der Waals surface area contributed by atoms with Crippen LogP contribution in [0, 0.1) is 6.92 Å². The van der Waals surface area contributed by atoms with Gasteiger partial charge in [0.1, 0.15) is 5.75 Å². The molecule has 0 N–H and O–H groups in total. The predicted octanol–water partition coefficient (Wildman–Crippen LogP) is 3.30. The molecule has 1 aromatic carbocycles. The molecule has 0 fully saturated rings. The van der Waals surface area contributed by atoms with Gasteiger partial charge in [-0.05, 0) is 31.9 Å². The third-order valence-electron chi connectivity index (χ3n) is 2.48. The van der Waals surface area contributed by atoms with Crippen molar-refractivity contribution >= 4 is 16.8 Å². The number of aliphatic imine (C=N–C) groups is 1. The molecular formula is C13H17NOS. The van der Waals surface area contributed by atoms with Gasteiger partial charge in [-0.15, -0.1) is 11.8 Å². The van der Waals surface area contributed by atoms with E-state index in [0.717, 1.165) is 31.1 Å². The highest BCUT2D eigenvalue weighted by molar-refractivity contribution is 8.13. The second kappa shape index (κ2) is 5.94. The van der Waals surface area contributed by atoms with E-state index >= 15 is 0 Å². The number of thioether (sulfide) groups is 1. The SMILES string of the molecule is Cc1ccc(OCCSC2=NCCC2)cc1. The Morgan fingerprint density at radius 1 is 1.31 bits per heavy atom. The van der Waals surface area contributed by atoms with E-state index in [9.17, 15) is 0 Å². The van der Waals surface area contributed by atoms with Crippen LogP contribution in [-0.4, -0.2) is 23.9 Å². The third kappa shape index (κ3) is 3.56. The van der Waals surface area contributed by atoms with E-state index in [1.807, 2.05) is 23.9 Å². The lowest BCUT2D eigenvalue weighted by Gasteiger charge is -2.05. The van der Waals surface area contributed by atoms with Crippen LogP contribution in [0.1, 0.15) is 18.4 Å². The number of nitrogens with zero attached hydrogens (tertiary/aromatic N) is 1. The molecule has 2 nitrogen and oxygen atoms in total. The second-order valence-electron chi connectivity index (χ2n) is 3.89. The van der Waals surface area contributed by atoms with E-state index in [1.54, 1.807) is 0 Å². The highest BCUT2D eigenvalue weighted by Crippen LogP contribution is 2.16. The van der Waals surface area contributed by atoms with Crippen LogP contribution < -0.4 is 4.74 Å². The summed E-state index contributed by atoms with van der Waals surface area (Å²) in [5.74, 6) is 1.95. The first-order chi connectivity index (χ1) is 7.84. The van der Waals surface area contributed by atoms with E-state index in [1.165, 1.54) is 17.0 Å². The number of rotatable bonds is 4. The Kier molecular flexibility index (Phi) is 4.28. The second-order valence-corrected chi connectivity index (χ2v) is 5.06. The summed E-state index contributed by atoms with van der Waals surface area (Å²) in [5.41, 5.74) is 1.27. The molecule has 0 spiro atoms. The van der Waals surface area contributed by atoms with Crippen LogP contribution in [0.25, 0.3) is 0 Å². The Bertz CT molecular complexity index is 359. The van der Waals surface area contributed by atoms with E-state index in [4.69, 9.17) is 4.74 Å². The fourth-order valence-corrected chi connectivity index (χ4v) is 2.46. The van der Waals surface area contributed by atoms with Crippen molar-refractivity contribution in [3.63, 3.8) is 0 Å². The fraction of sp³-hybridized carbons (Fsp3) is 0.462. The van der Waals surface area contributed by atoms with Gasteiger partial charge in [-0.3, -0.25) is 4.99 Å². The molecule has 1 heterocycles. The summed E-state index contributed by atoms with van der Waals surface area (Å²) in [5, 5.41) is 1.30. The van der Waals surface area contributed by atoms with Crippen LogP contribution in [-0.2, 0) is 0 Å². The van der Waals surface area contributed by atoms with Crippen molar-refractivity contribution < 1.29 is 4.74 Å². The third-order valence-corrected chi connectivity index (χ3v) is 3.52. The molecule has 0 amide bonds. The zero-order valence-corrected chi connectivity index (χ0v) is 10.4. The number of benzene rings is 1. The molecule has 16 heavy (non-hydrogen) atoms. The number of ether oxygens (including phenoxy) is 1. The molecule has 1 aliphatic rings. The van der Waals surface area contributed by atoms with E-state index in [-0.39, 0.29) is 0 Å². The topological polar surface area (TPSA) is 21.6 Å². The van der Waals surface area contributed by atoms with Gasteiger partial charge in [0.25, 0.3) is 0 Å². The quantitative estimate of drug-likeness (QED) is 0.747. The zero-order chi connectivity index (χ0) is 11.2. The van der Waals surface area contributed by atoms with Crippen LogP contribution in [0.15, 0.2) is 29.3 Å². The molecule has 0 atom stereocenters. The standard InChI is InChI=1S/C13H17NOS/c1-11-4-6-12(7-5-11)15-9-10-16-13-3-2-8-14-13/h4-7H,2-3,8-10H2,1H3. The summed E-state index contributed by atoms with van der Waals surface area (Å²) < 4.78 is 5.64. The van der Waals surface area contributed by atoms with Crippen molar-refractivity contribution in [2.24, 2.45) is 4.99 Å². The highest BCUT2D eigenvalue weighted by Gasteiger charge is 2.06. The van der Waals surface area contributed by atoms with Gasteiger partial charge in [-0.2, -0.15) is 0 Å². The number of aryl methyl sites for hydroxylation is 1. The average Bonchev–Trinajstić information content (AvgIpc) is 2.80. The van der Waals surface area contributed by atoms with Crippen molar-refractivity contribution in [3.05, 3.63) is 29.8 Å². The lowest BCUT2D eigenvalue weighted by molar-refractivity contribution is 0.344. The van der Waals surface area contributed by atoms with Crippen molar-refractivity contribution in [2.75, 3.05) is 18.9 Å². The lowest BCUT2D eigenvalue weighted by Crippen LogP contribution is -2.02. The van der Waals surface area contributed by atoms with Gasteiger partial charge in [0.15, 0.2) is 0 Å². The molecule has 0 unspecified atom stereocenters. The smallest absolute Gasteiger partial charge is 0.119 e. The lowest BCUT2D eigenvalue weighted by atomic mass is 10.2. The largest absolute Gasteiger partial charge is 0.493 e. The molecule has 0 radical (unpaired) electrons. The fourth-order valence-electron chi connectivity index (χ4n) is 1.58. The minimum absolute atomic E-state index is 0.757. The molecule has 0 aromatic heterocycles. The Morgan fingerprint density at radius 3 is 2.81 bits per heavy atom. The Labute approximate surface area is 101 Å². The summed E-state index contributed by atoms with van der Waals surface area (Å²) in [7, 11) is 0. The van der Waals surface area contributed by atoms with Gasteiger partial charge in [0.2, 0.25) is 0 Å². The average molecular weight is 235 g/mol. The maximum Gasteiger partial charge on any atom is 0.119 e. The summed E-state index contributed by atoms with van der Waals surface area (Å²) in [6.07, 6.45) is 2.39. The van der Waals surface area contributed by atoms with Crippen LogP contribution in [0.3, 0.4) is 0 Å². The minimum atomic E-state index is 0.757. The maximum absolute atomic E-state index is 5.64. The normalized spacial score (nSPS) is 14.9. The highest BCUT2D eigenvalue weighted by atomic mass is 32.2. The Hall–Kier alpha value is -0.960. The van der Waals surface area contributed by atoms with Crippen LogP contribution in [0.4, 0.5) is 0 Å². The summed E-state index contributed by atoms with van der Waals surface area (Å²) in [6.45, 7) is 3.85. The van der Waals surface area contributed by atoms with Gasteiger partial charge in [0.05, 0.1) is 11.7 Å². The van der Waals surface area contributed by atoms with Crippen molar-refractivity contribution in [3.8, 4) is 5.75 Å². The number of hydrogen-bond donors (Lipinski definition) is 0. The van der Waals surface area contributed by atoms with Crippen molar-refractivity contribution in [1.29, 1.82) is 0 Å². The molecule has 0 aliphatic carbocycles. The zero-order valence-electron chi connectivity index (χ0n) is 9.61. The Balaban J connectivity index is 1.66. The first-order valence-electron chi connectivity index (χ1n) is 5.70. The molecule has 0 saturated carbocycles. The van der Waals surface area contributed by atoms with Crippen molar-refractivity contribution in [2.45, 2.75) is 19.8 Å². The van der Waals surface area contributed by atoms with Gasteiger partial charge < -0.3 is 4.74 Å². The van der Waals surface area contributed by atoms with Crippen molar-refractivity contribution in [1.82, 2.24) is 0 Å². The first kappa shape index (κ1) is 11.5. The summed E-state index contributed by atoms with van der Waals surface area (Å²) in [4.78, 5) is 4.42. The van der Waals surface area contributed by atoms with Crippen LogP contribution >= 0.6 is 11.8 Å². The molecule has 1 aromatic rings. The van der Waals surface area contributed by atoms with E-state index in [0.29, 0.717) is 0 Å². The van der Waals surface area contributed by atoms with Gasteiger partial charge in [-0.1, -0.05) is 17.7 Å². The first-order valence-corrected chi connectivity index (χ1v) is 6.69.